The number of halogens is 1. The minimum absolute atomic E-state index is 0. The van der Waals surface area contributed by atoms with Gasteiger partial charge in [0.05, 0.1) is 5.88 Å². The number of nitrogens with two attached hydrogens (primary N) is 1. The van der Waals surface area contributed by atoms with Crippen LogP contribution in [-0.4, -0.2) is 47.5 Å². The molecule has 1 heterocycles. The molecule has 1 atom stereocenters. The number of carbonyl (C=O) groups excluding carboxylic acids is 2. The number of thioether (sulfide) groups is 1. The minimum Gasteiger partial charge on any atom is -0.354 e. The van der Waals surface area contributed by atoms with Crippen molar-refractivity contribution in [3.05, 3.63) is 0 Å². The molecule has 1 fully saturated rings. The fourth-order valence-electron chi connectivity index (χ4n) is 1.71. The van der Waals surface area contributed by atoms with Crippen LogP contribution in [-0.2, 0) is 9.59 Å². The zero-order valence-electron chi connectivity index (χ0n) is 10.7. The predicted octanol–water partition coefficient (Wildman–Crippen LogP) is 0.575. The molecule has 1 unspecified atom stereocenters. The highest BCUT2D eigenvalue weighted by Gasteiger charge is 2.33. The highest BCUT2D eigenvalue weighted by Crippen LogP contribution is 2.21. The van der Waals surface area contributed by atoms with E-state index < -0.39 is 0 Å². The molecule has 3 N–H and O–H groups in total. The quantitative estimate of drug-likeness (QED) is 0.703. The van der Waals surface area contributed by atoms with Gasteiger partial charge < -0.3 is 16.0 Å². The van der Waals surface area contributed by atoms with E-state index in [9.17, 15) is 9.59 Å². The number of nitrogens with one attached hydrogen (secondary N) is 1. The summed E-state index contributed by atoms with van der Waals surface area (Å²) in [5.74, 6) is 1.35. The Morgan fingerprint density at radius 3 is 2.78 bits per heavy atom. The smallest absolute Gasteiger partial charge is 0.243 e. The third kappa shape index (κ3) is 5.04. The molecule has 0 radical (unpaired) electrons. The van der Waals surface area contributed by atoms with Crippen LogP contribution in [0, 0.1) is 0 Å². The van der Waals surface area contributed by atoms with E-state index in [0.717, 1.165) is 12.8 Å². The van der Waals surface area contributed by atoms with Crippen molar-refractivity contribution in [1.29, 1.82) is 0 Å². The van der Waals surface area contributed by atoms with Crippen LogP contribution in [0.4, 0.5) is 0 Å². The summed E-state index contributed by atoms with van der Waals surface area (Å²) in [5.41, 5.74) is 5.38. The van der Waals surface area contributed by atoms with Gasteiger partial charge in [-0.3, -0.25) is 9.59 Å². The van der Waals surface area contributed by atoms with E-state index in [2.05, 4.69) is 5.32 Å². The van der Waals surface area contributed by atoms with Crippen LogP contribution in [0.25, 0.3) is 0 Å². The van der Waals surface area contributed by atoms with Crippen LogP contribution in [0.2, 0.25) is 0 Å². The molecule has 0 spiro atoms. The molecule has 18 heavy (non-hydrogen) atoms. The first-order chi connectivity index (χ1) is 8.20. The van der Waals surface area contributed by atoms with Crippen molar-refractivity contribution >= 4 is 36.0 Å². The summed E-state index contributed by atoms with van der Waals surface area (Å²) in [7, 11) is 0. The Morgan fingerprint density at radius 1 is 1.44 bits per heavy atom. The van der Waals surface area contributed by atoms with Crippen molar-refractivity contribution in [3.63, 3.8) is 0 Å². The summed E-state index contributed by atoms with van der Waals surface area (Å²) >= 11 is 1.63. The molecule has 0 aromatic heterocycles. The number of amides is 2. The van der Waals surface area contributed by atoms with E-state index in [1.165, 1.54) is 0 Å². The van der Waals surface area contributed by atoms with Gasteiger partial charge in [-0.05, 0) is 19.4 Å². The summed E-state index contributed by atoms with van der Waals surface area (Å²) in [6.45, 7) is 3.11. The van der Waals surface area contributed by atoms with Gasteiger partial charge in [-0.25, -0.2) is 0 Å². The maximum Gasteiger partial charge on any atom is 0.243 e. The van der Waals surface area contributed by atoms with Crippen molar-refractivity contribution in [1.82, 2.24) is 10.2 Å². The van der Waals surface area contributed by atoms with Crippen molar-refractivity contribution < 1.29 is 9.59 Å². The summed E-state index contributed by atoms with van der Waals surface area (Å²) < 4.78 is 0. The molecule has 0 aliphatic carbocycles. The zero-order valence-corrected chi connectivity index (χ0v) is 12.3. The second kappa shape index (κ2) is 9.47. The molecule has 1 saturated heterocycles. The van der Waals surface area contributed by atoms with Crippen molar-refractivity contribution in [3.8, 4) is 0 Å². The zero-order chi connectivity index (χ0) is 12.7. The van der Waals surface area contributed by atoms with Gasteiger partial charge in [-0.1, -0.05) is 6.92 Å². The molecule has 0 aromatic carbocycles. The van der Waals surface area contributed by atoms with Gasteiger partial charge >= 0.3 is 0 Å². The van der Waals surface area contributed by atoms with Gasteiger partial charge in [-0.15, -0.1) is 24.2 Å². The Hall–Kier alpha value is -0.460. The number of hydrogen-bond donors (Lipinski definition) is 2. The molecule has 2 amide bonds. The monoisotopic (exact) mass is 295 g/mol. The van der Waals surface area contributed by atoms with Crippen LogP contribution in [0.1, 0.15) is 26.2 Å². The van der Waals surface area contributed by atoms with Gasteiger partial charge in [0.25, 0.3) is 0 Å². The molecule has 1 rings (SSSR count). The van der Waals surface area contributed by atoms with Crippen LogP contribution < -0.4 is 11.1 Å². The maximum atomic E-state index is 11.9. The Kier molecular flexibility index (Phi) is 9.23. The lowest BCUT2D eigenvalue weighted by atomic mass is 10.2. The largest absolute Gasteiger partial charge is 0.354 e. The molecule has 0 saturated carbocycles. The lowest BCUT2D eigenvalue weighted by Gasteiger charge is -2.22. The van der Waals surface area contributed by atoms with E-state index >= 15 is 0 Å². The van der Waals surface area contributed by atoms with Crippen LogP contribution >= 0.6 is 24.2 Å². The molecule has 106 valence electrons. The average molecular weight is 296 g/mol. The van der Waals surface area contributed by atoms with Crippen molar-refractivity contribution in [2.45, 2.75) is 32.2 Å². The highest BCUT2D eigenvalue weighted by molar-refractivity contribution is 7.99. The molecule has 0 aromatic rings. The lowest BCUT2D eigenvalue weighted by molar-refractivity contribution is -0.137. The van der Waals surface area contributed by atoms with Gasteiger partial charge in [0.1, 0.15) is 6.04 Å². The average Bonchev–Trinajstić information content (AvgIpc) is 2.82. The summed E-state index contributed by atoms with van der Waals surface area (Å²) in [4.78, 5) is 25.2. The first-order valence-electron chi connectivity index (χ1n) is 6.05. The van der Waals surface area contributed by atoms with E-state index in [1.54, 1.807) is 16.7 Å². The fraction of sp³-hybridized carbons (Fsp3) is 0.818. The fourth-order valence-corrected chi connectivity index (χ4v) is 2.89. The van der Waals surface area contributed by atoms with E-state index in [4.69, 9.17) is 5.73 Å². The van der Waals surface area contributed by atoms with Crippen LogP contribution in [0.3, 0.4) is 0 Å². The highest BCUT2D eigenvalue weighted by atomic mass is 35.5. The van der Waals surface area contributed by atoms with Gasteiger partial charge in [0.2, 0.25) is 11.8 Å². The molecule has 1 aliphatic rings. The van der Waals surface area contributed by atoms with Crippen molar-refractivity contribution in [2.75, 3.05) is 24.7 Å². The topological polar surface area (TPSA) is 75.4 Å². The van der Waals surface area contributed by atoms with E-state index in [0.29, 0.717) is 31.1 Å². The number of unbranched alkanes of at least 4 members (excludes halogenated alkanes) is 1. The Balaban J connectivity index is 0.00000289. The number of rotatable bonds is 6. The predicted molar refractivity (Wildman–Crippen MR) is 76.8 cm³/mol. The molecule has 7 heteroatoms. The second-order valence-corrected chi connectivity index (χ2v) is 5.02. The third-order valence-corrected chi connectivity index (χ3v) is 3.75. The SMILES string of the molecule is CCC(=O)N1CSCC1C(=O)NCCCCN.Cl. The Bertz CT molecular complexity index is 279. The summed E-state index contributed by atoms with van der Waals surface area (Å²) in [6, 6.07) is -0.287. The number of nitrogens with zero attached hydrogens (tertiary/aromatic N) is 1. The normalized spacial score (nSPS) is 18.3. The first kappa shape index (κ1) is 17.5. The number of hydrogen-bond acceptors (Lipinski definition) is 4. The van der Waals surface area contributed by atoms with E-state index in [1.807, 2.05) is 6.92 Å². The van der Waals surface area contributed by atoms with Gasteiger partial charge in [0, 0.05) is 18.7 Å². The van der Waals surface area contributed by atoms with Crippen LogP contribution in [0.5, 0.6) is 0 Å². The van der Waals surface area contributed by atoms with E-state index in [-0.39, 0.29) is 30.3 Å². The second-order valence-electron chi connectivity index (χ2n) is 4.02. The number of carbonyl (C=O) groups is 2. The third-order valence-electron chi connectivity index (χ3n) is 2.74. The molecule has 5 nitrogen and oxygen atoms in total. The standard InChI is InChI=1S/C11H21N3O2S.ClH/c1-2-10(15)14-8-17-7-9(14)11(16)13-6-4-3-5-12;/h9H,2-8,12H2,1H3,(H,13,16);1H. The molecule has 0 bridgehead atoms. The molecular formula is C11H22ClN3O2S. The lowest BCUT2D eigenvalue weighted by Crippen LogP contribution is -2.47. The summed E-state index contributed by atoms with van der Waals surface area (Å²) in [6.07, 6.45) is 2.26. The summed E-state index contributed by atoms with van der Waals surface area (Å²) in [5, 5.41) is 2.87. The molecular weight excluding hydrogens is 274 g/mol. The van der Waals surface area contributed by atoms with Crippen molar-refractivity contribution in [2.24, 2.45) is 5.73 Å². The maximum absolute atomic E-state index is 11.9. The Labute approximate surface area is 119 Å². The van der Waals surface area contributed by atoms with Gasteiger partial charge in [-0.2, -0.15) is 0 Å². The first-order valence-corrected chi connectivity index (χ1v) is 7.21. The molecule has 1 aliphatic heterocycles. The van der Waals surface area contributed by atoms with Crippen LogP contribution in [0.15, 0.2) is 0 Å². The Morgan fingerprint density at radius 2 is 2.17 bits per heavy atom. The van der Waals surface area contributed by atoms with Gasteiger partial charge in [0.15, 0.2) is 0 Å². The minimum atomic E-state index is -0.287.